The second-order valence-corrected chi connectivity index (χ2v) is 10.3. The Morgan fingerprint density at radius 1 is 0.882 bits per heavy atom. The van der Waals surface area contributed by atoms with Gasteiger partial charge in [-0.25, -0.2) is 14.8 Å². The van der Waals surface area contributed by atoms with Gasteiger partial charge in [0.05, 0.1) is 28.5 Å². The zero-order chi connectivity index (χ0) is 23.3. The largest absolute Gasteiger partial charge is 0.493 e. The van der Waals surface area contributed by atoms with E-state index < -0.39 is 5.97 Å². The first kappa shape index (κ1) is 22.5. The lowest BCUT2D eigenvalue weighted by Gasteiger charge is -2.14. The lowest BCUT2D eigenvalue weighted by atomic mass is 10.2. The molecule has 5 rings (SSSR count). The van der Waals surface area contributed by atoms with Crippen LogP contribution in [-0.2, 0) is 0 Å². The number of nitrogens with zero attached hydrogens (tertiary/aromatic N) is 2. The average molecular weight is 503 g/mol. The summed E-state index contributed by atoms with van der Waals surface area (Å²) in [4.78, 5) is 23.2. The van der Waals surface area contributed by atoms with Gasteiger partial charge in [0.1, 0.15) is 10.0 Å². The molecule has 0 bridgehead atoms. The highest BCUT2D eigenvalue weighted by molar-refractivity contribution is 8.76. The minimum atomic E-state index is -0.461. The summed E-state index contributed by atoms with van der Waals surface area (Å²) >= 11 is 1.54. The van der Waals surface area contributed by atoms with Gasteiger partial charge in [-0.1, -0.05) is 47.2 Å². The Hall–Kier alpha value is -3.33. The number of fused-ring (bicyclic) bond motifs is 1. The summed E-state index contributed by atoms with van der Waals surface area (Å²) in [6.07, 6.45) is 1.74. The van der Waals surface area contributed by atoms with E-state index in [1.54, 1.807) is 36.8 Å². The molecule has 8 heteroatoms. The first-order valence-corrected chi connectivity index (χ1v) is 13.3. The van der Waals surface area contributed by atoms with E-state index in [2.05, 4.69) is 4.98 Å². The van der Waals surface area contributed by atoms with Gasteiger partial charge in [-0.05, 0) is 59.3 Å². The molecule has 0 aliphatic heterocycles. The van der Waals surface area contributed by atoms with Crippen molar-refractivity contribution in [2.75, 3.05) is 7.11 Å². The molecule has 0 N–H and O–H groups in total. The van der Waals surface area contributed by atoms with E-state index in [1.165, 1.54) is 21.6 Å². The Bertz CT molecular complexity index is 1420. The van der Waals surface area contributed by atoms with Crippen molar-refractivity contribution in [2.24, 2.45) is 0 Å². The standard InChI is InChI=1S/C26H18N2O3S3/c1-30-20-12-8-10-18(25-28-19-11-3-5-14-22(19)32-25)24(20)31-26(29)17-9-2-4-13-21(17)33-34-23-15-6-7-16-27-23/h2-16H,1H3. The van der Waals surface area contributed by atoms with Crippen molar-refractivity contribution in [1.29, 1.82) is 0 Å². The molecule has 0 aliphatic rings. The number of rotatable bonds is 7. The number of hydrogen-bond acceptors (Lipinski definition) is 8. The molecular weight excluding hydrogens is 484 g/mol. The van der Waals surface area contributed by atoms with E-state index in [9.17, 15) is 4.79 Å². The summed E-state index contributed by atoms with van der Waals surface area (Å²) in [5, 5.41) is 1.62. The minimum absolute atomic E-state index is 0.353. The van der Waals surface area contributed by atoms with Crippen molar-refractivity contribution in [3.8, 4) is 22.1 Å². The van der Waals surface area contributed by atoms with Crippen LogP contribution in [0.4, 0.5) is 0 Å². The molecule has 0 atom stereocenters. The molecule has 0 unspecified atom stereocenters. The summed E-state index contributed by atoms with van der Waals surface area (Å²) in [5.41, 5.74) is 2.08. The van der Waals surface area contributed by atoms with Gasteiger partial charge in [0.25, 0.3) is 0 Å². The Morgan fingerprint density at radius 2 is 1.71 bits per heavy atom. The fraction of sp³-hybridized carbons (Fsp3) is 0.0385. The van der Waals surface area contributed by atoms with Gasteiger partial charge in [0.15, 0.2) is 11.5 Å². The number of hydrogen-bond donors (Lipinski definition) is 0. The Labute approximate surface area is 208 Å². The average Bonchev–Trinajstić information content (AvgIpc) is 3.32. The molecular formula is C26H18N2O3S3. The van der Waals surface area contributed by atoms with Crippen molar-refractivity contribution >= 4 is 49.1 Å². The Balaban J connectivity index is 1.46. The number of para-hydroxylation sites is 2. The molecule has 2 aromatic heterocycles. The maximum atomic E-state index is 13.3. The Morgan fingerprint density at radius 3 is 2.53 bits per heavy atom. The highest BCUT2D eigenvalue weighted by atomic mass is 33.1. The third-order valence-corrected chi connectivity index (χ3v) is 8.28. The van der Waals surface area contributed by atoms with Gasteiger partial charge in [-0.2, -0.15) is 0 Å². The van der Waals surface area contributed by atoms with Crippen molar-refractivity contribution in [1.82, 2.24) is 9.97 Å². The van der Waals surface area contributed by atoms with Crippen LogP contribution in [0.5, 0.6) is 11.5 Å². The maximum Gasteiger partial charge on any atom is 0.344 e. The SMILES string of the molecule is COc1cccc(-c2nc3ccccc3s2)c1OC(=O)c1ccccc1SSc1ccccn1. The predicted octanol–water partition coefficient (Wildman–Crippen LogP) is 7.39. The van der Waals surface area contributed by atoms with E-state index in [-0.39, 0.29) is 0 Å². The molecule has 5 aromatic rings. The molecule has 0 saturated heterocycles. The minimum Gasteiger partial charge on any atom is -0.493 e. The first-order valence-electron chi connectivity index (χ1n) is 10.3. The normalized spacial score (nSPS) is 10.9. The van der Waals surface area contributed by atoms with Crippen LogP contribution in [0.15, 0.2) is 101 Å². The monoisotopic (exact) mass is 502 g/mol. The van der Waals surface area contributed by atoms with E-state index >= 15 is 0 Å². The van der Waals surface area contributed by atoms with Crippen molar-refractivity contribution in [3.05, 3.63) is 96.7 Å². The van der Waals surface area contributed by atoms with Gasteiger partial charge >= 0.3 is 5.97 Å². The number of pyridine rings is 1. The fourth-order valence-corrected chi connectivity index (χ4v) is 6.31. The van der Waals surface area contributed by atoms with Gasteiger partial charge < -0.3 is 9.47 Å². The number of methoxy groups -OCH3 is 1. The number of carbonyl (C=O) groups excluding carboxylic acids is 1. The van der Waals surface area contributed by atoms with Crippen LogP contribution in [0.3, 0.4) is 0 Å². The summed E-state index contributed by atoms with van der Waals surface area (Å²) < 4.78 is 12.6. The van der Waals surface area contributed by atoms with Crippen molar-refractivity contribution in [3.63, 3.8) is 0 Å². The lowest BCUT2D eigenvalue weighted by Crippen LogP contribution is -2.11. The molecule has 34 heavy (non-hydrogen) atoms. The molecule has 168 valence electrons. The van der Waals surface area contributed by atoms with Gasteiger partial charge in [0.2, 0.25) is 0 Å². The highest BCUT2D eigenvalue weighted by Gasteiger charge is 2.21. The quantitative estimate of drug-likeness (QED) is 0.131. The molecule has 0 fully saturated rings. The number of benzene rings is 3. The third-order valence-electron chi connectivity index (χ3n) is 4.88. The summed E-state index contributed by atoms with van der Waals surface area (Å²) in [7, 11) is 4.51. The van der Waals surface area contributed by atoms with E-state index in [1.807, 2.05) is 72.8 Å². The molecule has 0 radical (unpaired) electrons. The number of ether oxygens (including phenoxy) is 2. The van der Waals surface area contributed by atoms with Gasteiger partial charge in [-0.3, -0.25) is 0 Å². The second kappa shape index (κ2) is 10.3. The molecule has 0 spiro atoms. The van der Waals surface area contributed by atoms with Gasteiger partial charge in [0, 0.05) is 11.1 Å². The number of aromatic nitrogens is 2. The zero-order valence-corrected chi connectivity index (χ0v) is 20.5. The summed E-state index contributed by atoms with van der Waals surface area (Å²) in [5.74, 6) is 0.362. The third kappa shape index (κ3) is 4.79. The summed E-state index contributed by atoms with van der Waals surface area (Å²) in [6, 6.07) is 26.6. The van der Waals surface area contributed by atoms with Crippen molar-refractivity contribution < 1.29 is 14.3 Å². The topological polar surface area (TPSA) is 61.3 Å². The zero-order valence-electron chi connectivity index (χ0n) is 18.0. The van der Waals surface area contributed by atoms with Crippen LogP contribution >= 0.6 is 32.9 Å². The summed E-state index contributed by atoms with van der Waals surface area (Å²) in [6.45, 7) is 0. The molecule has 0 aliphatic carbocycles. The van der Waals surface area contributed by atoms with Crippen LogP contribution in [0.1, 0.15) is 10.4 Å². The number of thiazole rings is 1. The van der Waals surface area contributed by atoms with E-state index in [0.29, 0.717) is 22.6 Å². The van der Waals surface area contributed by atoms with Crippen LogP contribution < -0.4 is 9.47 Å². The number of esters is 1. The van der Waals surface area contributed by atoms with Crippen LogP contribution in [0.2, 0.25) is 0 Å². The second-order valence-electron chi connectivity index (χ2n) is 7.04. The molecule has 0 saturated carbocycles. The Kier molecular flexibility index (Phi) is 6.80. The van der Waals surface area contributed by atoms with Crippen LogP contribution in [0, 0.1) is 0 Å². The molecule has 2 heterocycles. The smallest absolute Gasteiger partial charge is 0.344 e. The fourth-order valence-electron chi connectivity index (χ4n) is 3.28. The molecule has 5 nitrogen and oxygen atoms in total. The van der Waals surface area contributed by atoms with E-state index in [4.69, 9.17) is 14.5 Å². The maximum absolute atomic E-state index is 13.3. The first-order chi connectivity index (χ1) is 16.7. The highest BCUT2D eigenvalue weighted by Crippen LogP contribution is 2.42. The predicted molar refractivity (Wildman–Crippen MR) is 139 cm³/mol. The van der Waals surface area contributed by atoms with Crippen LogP contribution in [-0.4, -0.2) is 23.0 Å². The van der Waals surface area contributed by atoms with Crippen molar-refractivity contribution in [2.45, 2.75) is 9.92 Å². The van der Waals surface area contributed by atoms with Gasteiger partial charge in [-0.15, -0.1) is 11.3 Å². The molecule has 0 amide bonds. The van der Waals surface area contributed by atoms with E-state index in [0.717, 1.165) is 25.1 Å². The molecule has 3 aromatic carbocycles. The lowest BCUT2D eigenvalue weighted by molar-refractivity contribution is 0.0727. The van der Waals surface area contributed by atoms with Crippen LogP contribution in [0.25, 0.3) is 20.8 Å². The number of carbonyl (C=O) groups is 1.